The molecular weight excluding hydrogens is 387 g/mol. The summed E-state index contributed by atoms with van der Waals surface area (Å²) in [6.07, 6.45) is 0.787. The van der Waals surface area contributed by atoms with Gasteiger partial charge in [-0.05, 0) is 12.1 Å². The Balaban J connectivity index is 2.40. The van der Waals surface area contributed by atoms with Crippen molar-refractivity contribution in [1.82, 2.24) is 4.98 Å². The molecule has 8 nitrogen and oxygen atoms in total. The first-order valence-corrected chi connectivity index (χ1v) is 9.03. The third-order valence-electron chi connectivity index (χ3n) is 2.67. The molecule has 0 aliphatic heterocycles. The van der Waals surface area contributed by atoms with Crippen LogP contribution in [-0.2, 0) is 9.84 Å². The van der Waals surface area contributed by atoms with Crippen LogP contribution in [0.25, 0.3) is 0 Å². The summed E-state index contributed by atoms with van der Waals surface area (Å²) in [5.41, 5.74) is -1.33. The minimum Gasteiger partial charge on any atom is -0.504 e. The number of thiazole rings is 1. The van der Waals surface area contributed by atoms with Crippen molar-refractivity contribution in [2.45, 2.75) is 4.21 Å². The van der Waals surface area contributed by atoms with Gasteiger partial charge in [0.25, 0.3) is 5.91 Å². The molecule has 0 spiro atoms. The first kappa shape index (κ1) is 18.1. The Hall–Kier alpha value is -2.24. The largest absolute Gasteiger partial charge is 0.504 e. The zero-order valence-corrected chi connectivity index (χ0v) is 14.1. The first-order valence-electron chi connectivity index (χ1n) is 5.95. The number of aromatic hydroxyl groups is 1. The lowest BCUT2D eigenvalue weighted by molar-refractivity contribution is 0.0687. The quantitative estimate of drug-likeness (QED) is 0.721. The molecule has 2 aromatic rings. The van der Waals surface area contributed by atoms with Gasteiger partial charge in [0.15, 0.2) is 36.4 Å². The number of aromatic nitrogens is 1. The van der Waals surface area contributed by atoms with Crippen molar-refractivity contribution in [3.05, 3.63) is 34.2 Å². The van der Waals surface area contributed by atoms with E-state index in [1.54, 1.807) is 0 Å². The summed E-state index contributed by atoms with van der Waals surface area (Å²) in [7, 11) is -3.89. The van der Waals surface area contributed by atoms with Crippen LogP contribution in [0.2, 0.25) is 5.02 Å². The fourth-order valence-electron chi connectivity index (χ4n) is 1.63. The van der Waals surface area contributed by atoms with Crippen LogP contribution in [0.15, 0.2) is 16.3 Å². The van der Waals surface area contributed by atoms with Gasteiger partial charge in [0.05, 0.1) is 10.6 Å². The molecule has 1 aromatic heterocycles. The van der Waals surface area contributed by atoms with Gasteiger partial charge in [-0.1, -0.05) is 22.9 Å². The Morgan fingerprint density at radius 3 is 2.50 bits per heavy atom. The topological polar surface area (TPSA) is 134 Å². The molecule has 24 heavy (non-hydrogen) atoms. The number of aromatic carboxylic acids is 1. The number of carboxylic acids is 1. The summed E-state index contributed by atoms with van der Waals surface area (Å²) in [4.78, 5) is 26.5. The van der Waals surface area contributed by atoms with Gasteiger partial charge in [-0.3, -0.25) is 10.1 Å². The summed E-state index contributed by atoms with van der Waals surface area (Å²) < 4.78 is 36.4. The van der Waals surface area contributed by atoms with Gasteiger partial charge in [0.1, 0.15) is 0 Å². The molecule has 1 heterocycles. The molecule has 0 fully saturated rings. The van der Waals surface area contributed by atoms with Gasteiger partial charge >= 0.3 is 5.97 Å². The van der Waals surface area contributed by atoms with E-state index in [0.717, 1.165) is 18.4 Å². The first-order chi connectivity index (χ1) is 11.0. The highest BCUT2D eigenvalue weighted by molar-refractivity contribution is 7.93. The molecule has 128 valence electrons. The second-order valence-electron chi connectivity index (χ2n) is 4.44. The maximum atomic E-state index is 13.8. The van der Waals surface area contributed by atoms with Gasteiger partial charge in [-0.2, -0.15) is 0 Å². The van der Waals surface area contributed by atoms with Gasteiger partial charge in [-0.15, -0.1) is 0 Å². The van der Waals surface area contributed by atoms with Crippen molar-refractivity contribution in [3.63, 3.8) is 0 Å². The average molecular weight is 395 g/mol. The predicted molar refractivity (Wildman–Crippen MR) is 83.2 cm³/mol. The molecular formula is C12H8ClFN2O6S2. The molecule has 0 saturated heterocycles. The number of carbonyl (C=O) groups excluding carboxylic acids is 1. The Morgan fingerprint density at radius 1 is 1.38 bits per heavy atom. The third-order valence-corrected chi connectivity index (χ3v) is 5.76. The number of rotatable bonds is 4. The normalized spacial score (nSPS) is 11.3. The van der Waals surface area contributed by atoms with Crippen LogP contribution in [-0.4, -0.2) is 41.7 Å². The summed E-state index contributed by atoms with van der Waals surface area (Å²) >= 11 is 5.90. The van der Waals surface area contributed by atoms with E-state index in [4.69, 9.17) is 16.7 Å². The van der Waals surface area contributed by atoms with Crippen molar-refractivity contribution in [3.8, 4) is 5.75 Å². The lowest BCUT2D eigenvalue weighted by atomic mass is 10.2. The lowest BCUT2D eigenvalue weighted by Crippen LogP contribution is -2.14. The standard InChI is InChI=1S/C12H8ClFN2O6S2/c1-24(21,22)11-7(10(19)20)15-12(23-11)16-9(18)4-2-3-5(13)8(17)6(4)14/h2-3,17H,1H3,(H,19,20)(H,15,16,18). The van der Waals surface area contributed by atoms with E-state index < -0.39 is 48.7 Å². The Labute approximate surface area is 143 Å². The second kappa shape index (κ2) is 6.34. The van der Waals surface area contributed by atoms with Gasteiger partial charge < -0.3 is 10.2 Å². The minimum atomic E-state index is -3.89. The van der Waals surface area contributed by atoms with Crippen molar-refractivity contribution in [2.24, 2.45) is 0 Å². The Bertz CT molecular complexity index is 957. The summed E-state index contributed by atoms with van der Waals surface area (Å²) in [6.45, 7) is 0. The van der Waals surface area contributed by atoms with Crippen LogP contribution >= 0.6 is 22.9 Å². The molecule has 2 rings (SSSR count). The highest BCUT2D eigenvalue weighted by atomic mass is 35.5. The van der Waals surface area contributed by atoms with Crippen molar-refractivity contribution in [1.29, 1.82) is 0 Å². The maximum Gasteiger partial charge on any atom is 0.356 e. The molecule has 1 amide bonds. The zero-order valence-electron chi connectivity index (χ0n) is 11.7. The summed E-state index contributed by atoms with van der Waals surface area (Å²) in [6, 6.07) is 2.08. The highest BCUT2D eigenvalue weighted by Crippen LogP contribution is 2.31. The SMILES string of the molecule is CS(=O)(=O)c1sc(NC(=O)c2ccc(Cl)c(O)c2F)nc1C(=O)O. The van der Waals surface area contributed by atoms with Crippen LogP contribution in [0.3, 0.4) is 0 Å². The smallest absolute Gasteiger partial charge is 0.356 e. The number of nitrogens with one attached hydrogen (secondary N) is 1. The number of anilines is 1. The summed E-state index contributed by atoms with van der Waals surface area (Å²) in [5, 5.41) is 19.8. The van der Waals surface area contributed by atoms with E-state index in [1.165, 1.54) is 0 Å². The fraction of sp³-hybridized carbons (Fsp3) is 0.0833. The maximum absolute atomic E-state index is 13.8. The van der Waals surface area contributed by atoms with Crippen LogP contribution < -0.4 is 5.32 Å². The Kier molecular flexibility index (Phi) is 4.78. The van der Waals surface area contributed by atoms with E-state index in [1.807, 2.05) is 0 Å². The molecule has 0 aliphatic rings. The van der Waals surface area contributed by atoms with E-state index >= 15 is 0 Å². The number of carboxylic acid groups (broad SMARTS) is 1. The molecule has 0 unspecified atom stereocenters. The average Bonchev–Trinajstić information content (AvgIpc) is 2.89. The number of phenolic OH excluding ortho intramolecular Hbond substituents is 1. The molecule has 0 aliphatic carbocycles. The number of benzene rings is 1. The number of hydrogen-bond donors (Lipinski definition) is 3. The molecule has 1 aromatic carbocycles. The van der Waals surface area contributed by atoms with E-state index in [-0.39, 0.29) is 10.2 Å². The molecule has 12 heteroatoms. The van der Waals surface area contributed by atoms with Crippen molar-refractivity contribution >= 4 is 49.8 Å². The number of carbonyl (C=O) groups is 2. The van der Waals surface area contributed by atoms with Crippen molar-refractivity contribution in [2.75, 3.05) is 11.6 Å². The lowest BCUT2D eigenvalue weighted by Gasteiger charge is -2.05. The number of amides is 1. The van der Waals surface area contributed by atoms with Crippen molar-refractivity contribution < 1.29 is 32.6 Å². The van der Waals surface area contributed by atoms with Crippen LogP contribution in [0, 0.1) is 5.82 Å². The molecule has 0 bridgehead atoms. The number of phenols is 1. The van der Waals surface area contributed by atoms with Gasteiger partial charge in [0, 0.05) is 6.26 Å². The number of sulfone groups is 1. The van der Waals surface area contributed by atoms with Crippen LogP contribution in [0.5, 0.6) is 5.75 Å². The predicted octanol–water partition coefficient (Wildman–Crippen LogP) is 2.00. The Morgan fingerprint density at radius 2 is 2.00 bits per heavy atom. The minimum absolute atomic E-state index is 0.300. The van der Waals surface area contributed by atoms with E-state index in [0.29, 0.717) is 11.3 Å². The number of nitrogens with zero attached hydrogens (tertiary/aromatic N) is 1. The van der Waals surface area contributed by atoms with E-state index in [9.17, 15) is 27.5 Å². The third kappa shape index (κ3) is 3.47. The van der Waals surface area contributed by atoms with Gasteiger partial charge in [-0.25, -0.2) is 22.6 Å². The van der Waals surface area contributed by atoms with E-state index in [2.05, 4.69) is 10.3 Å². The molecule has 0 atom stereocenters. The monoisotopic (exact) mass is 394 g/mol. The van der Waals surface area contributed by atoms with Crippen LogP contribution in [0.1, 0.15) is 20.8 Å². The van der Waals surface area contributed by atoms with Crippen LogP contribution in [0.4, 0.5) is 9.52 Å². The number of halogens is 2. The summed E-state index contributed by atoms with van der Waals surface area (Å²) in [5.74, 6) is -4.86. The molecule has 3 N–H and O–H groups in total. The van der Waals surface area contributed by atoms with Gasteiger partial charge in [0.2, 0.25) is 0 Å². The number of hydrogen-bond acceptors (Lipinski definition) is 7. The molecule has 0 radical (unpaired) electrons. The molecule has 0 saturated carbocycles. The second-order valence-corrected chi connectivity index (χ2v) is 8.06. The highest BCUT2D eigenvalue weighted by Gasteiger charge is 2.26. The zero-order chi connectivity index (χ0) is 18.2. The fourth-order valence-corrected chi connectivity index (χ4v) is 3.79.